The van der Waals surface area contributed by atoms with Crippen LogP contribution in [0, 0.1) is 0 Å². The van der Waals surface area contributed by atoms with Gasteiger partial charge in [0.25, 0.3) is 0 Å². The maximum Gasteiger partial charge on any atom is 0.302 e. The molecule has 26 heavy (non-hydrogen) atoms. The monoisotopic (exact) mass is 481 g/mol. The number of H-pyrrole nitrogens is 1. The fraction of sp³-hybridized carbons (Fsp3) is 0.118. The van der Waals surface area contributed by atoms with Gasteiger partial charge < -0.3 is 19.6 Å². The molecule has 3 aromatic rings. The number of hydrogen-bond donors (Lipinski definition) is 2. The van der Waals surface area contributed by atoms with Gasteiger partial charge >= 0.3 is 5.91 Å². The van der Waals surface area contributed by atoms with Crippen LogP contribution in [0.15, 0.2) is 55.6 Å². The summed E-state index contributed by atoms with van der Waals surface area (Å²) >= 11 is 6.77. The quantitative estimate of drug-likeness (QED) is 0.494. The van der Waals surface area contributed by atoms with Crippen LogP contribution in [0.25, 0.3) is 10.9 Å². The summed E-state index contributed by atoms with van der Waals surface area (Å²) in [6.07, 6.45) is 0. The fourth-order valence-corrected chi connectivity index (χ4v) is 3.57. The van der Waals surface area contributed by atoms with Gasteiger partial charge in [-0.3, -0.25) is 4.79 Å². The van der Waals surface area contributed by atoms with Crippen molar-refractivity contribution in [2.24, 2.45) is 10.2 Å². The Balaban J connectivity index is 1.72. The highest BCUT2D eigenvalue weighted by Gasteiger charge is 2.14. The van der Waals surface area contributed by atoms with E-state index in [-0.39, 0.29) is 18.2 Å². The Hall–Kier alpha value is -2.39. The summed E-state index contributed by atoms with van der Waals surface area (Å²) in [6.45, 7) is -0.271. The molecule has 0 bridgehead atoms. The zero-order chi connectivity index (χ0) is 18.7. The first-order valence-electron chi connectivity index (χ1n) is 7.39. The number of rotatable bonds is 5. The van der Waals surface area contributed by atoms with E-state index in [0.717, 1.165) is 8.95 Å². The average molecular weight is 483 g/mol. The highest BCUT2D eigenvalue weighted by Crippen LogP contribution is 2.40. The van der Waals surface area contributed by atoms with Gasteiger partial charge in [-0.2, -0.15) is 0 Å². The minimum absolute atomic E-state index is 0.175. The second-order valence-corrected chi connectivity index (χ2v) is 6.96. The van der Waals surface area contributed by atoms with E-state index in [2.05, 4.69) is 47.1 Å². The summed E-state index contributed by atoms with van der Waals surface area (Å²) in [7, 11) is 1.57. The highest BCUT2D eigenvalue weighted by atomic mass is 79.9. The molecule has 134 valence electrons. The number of benzene rings is 2. The van der Waals surface area contributed by atoms with Crippen molar-refractivity contribution in [2.75, 3.05) is 13.7 Å². The lowest BCUT2D eigenvalue weighted by Crippen LogP contribution is -2.07. The van der Waals surface area contributed by atoms with Crippen LogP contribution >= 0.6 is 31.9 Å². The Bertz CT molecular complexity index is 984. The van der Waals surface area contributed by atoms with Crippen LogP contribution < -0.4 is 9.47 Å². The van der Waals surface area contributed by atoms with Crippen LogP contribution in [0.3, 0.4) is 0 Å². The number of methoxy groups -OCH3 is 1. The van der Waals surface area contributed by atoms with E-state index in [1.54, 1.807) is 37.4 Å². The van der Waals surface area contributed by atoms with Crippen LogP contribution in [0.5, 0.6) is 17.4 Å². The summed E-state index contributed by atoms with van der Waals surface area (Å²) in [6, 6.07) is 10.4. The third-order valence-corrected chi connectivity index (χ3v) is 4.54. The number of aromatic amines is 1. The topological polar surface area (TPSA) is 96.3 Å². The van der Waals surface area contributed by atoms with E-state index < -0.39 is 5.91 Å². The minimum atomic E-state index is -0.580. The van der Waals surface area contributed by atoms with Crippen LogP contribution in [-0.2, 0) is 4.79 Å². The molecule has 0 fully saturated rings. The maximum atomic E-state index is 11.9. The lowest BCUT2D eigenvalue weighted by molar-refractivity contribution is -0.120. The predicted molar refractivity (Wildman–Crippen MR) is 103 cm³/mol. The highest BCUT2D eigenvalue weighted by molar-refractivity contribution is 9.11. The number of amides is 1. The Kier molecular flexibility index (Phi) is 5.58. The van der Waals surface area contributed by atoms with E-state index in [1.807, 2.05) is 6.07 Å². The van der Waals surface area contributed by atoms with Gasteiger partial charge in [0.2, 0.25) is 5.88 Å². The molecule has 0 radical (unpaired) electrons. The van der Waals surface area contributed by atoms with Crippen LogP contribution in [-0.4, -0.2) is 29.7 Å². The van der Waals surface area contributed by atoms with Gasteiger partial charge in [-0.25, -0.2) is 0 Å². The second-order valence-electron chi connectivity index (χ2n) is 5.19. The van der Waals surface area contributed by atoms with E-state index in [1.165, 1.54) is 0 Å². The lowest BCUT2D eigenvalue weighted by atomic mass is 10.2. The molecule has 3 rings (SSSR count). The summed E-state index contributed by atoms with van der Waals surface area (Å²) < 4.78 is 11.9. The van der Waals surface area contributed by atoms with Crippen molar-refractivity contribution in [2.45, 2.75) is 0 Å². The molecule has 0 spiro atoms. The molecule has 0 saturated carbocycles. The number of fused-ring (bicyclic) bond motifs is 1. The van der Waals surface area contributed by atoms with Gasteiger partial charge in [-0.15, -0.1) is 10.2 Å². The SMILES string of the molecule is COc1ccc(OCC(=O)N=Nc2c(O)[nH]c3c(Br)cc(Br)cc23)cc1. The van der Waals surface area contributed by atoms with Crippen LogP contribution in [0.1, 0.15) is 0 Å². The molecular formula is C17H13Br2N3O4. The number of aromatic hydroxyl groups is 1. The molecule has 7 nitrogen and oxygen atoms in total. The number of carbonyl (C=O) groups is 1. The second kappa shape index (κ2) is 7.88. The minimum Gasteiger partial charge on any atom is -0.497 e. The Labute approximate surface area is 165 Å². The molecule has 0 aliphatic rings. The molecule has 2 aromatic carbocycles. The molecule has 0 atom stereocenters. The van der Waals surface area contributed by atoms with Gasteiger partial charge in [-0.05, 0) is 52.3 Å². The summed E-state index contributed by atoms with van der Waals surface area (Å²) in [4.78, 5) is 14.7. The molecule has 0 aliphatic carbocycles. The molecule has 2 N–H and O–H groups in total. The Morgan fingerprint density at radius 1 is 1.19 bits per heavy atom. The molecule has 9 heteroatoms. The largest absolute Gasteiger partial charge is 0.497 e. The van der Waals surface area contributed by atoms with Crippen molar-refractivity contribution in [3.8, 4) is 17.4 Å². The molecule has 1 amide bonds. The number of halogens is 2. The molecule has 0 saturated heterocycles. The van der Waals surface area contributed by atoms with Crippen molar-refractivity contribution in [3.63, 3.8) is 0 Å². The van der Waals surface area contributed by atoms with Gasteiger partial charge in [0, 0.05) is 14.3 Å². The summed E-state index contributed by atoms with van der Waals surface area (Å²) in [5, 5.41) is 18.1. The van der Waals surface area contributed by atoms with Crippen LogP contribution in [0.2, 0.25) is 0 Å². The van der Waals surface area contributed by atoms with Crippen molar-refractivity contribution >= 4 is 54.4 Å². The molecule has 1 aromatic heterocycles. The summed E-state index contributed by atoms with van der Waals surface area (Å²) in [5.74, 6) is 0.447. The number of ether oxygens (including phenoxy) is 2. The Morgan fingerprint density at radius 2 is 1.88 bits per heavy atom. The first-order chi connectivity index (χ1) is 12.5. The van der Waals surface area contributed by atoms with Crippen molar-refractivity contribution in [1.82, 2.24) is 4.98 Å². The third kappa shape index (κ3) is 4.05. The number of nitrogens with zero attached hydrogens (tertiary/aromatic N) is 2. The van der Waals surface area contributed by atoms with E-state index >= 15 is 0 Å². The normalized spacial score (nSPS) is 11.2. The molecule has 0 aliphatic heterocycles. The lowest BCUT2D eigenvalue weighted by Gasteiger charge is -2.04. The van der Waals surface area contributed by atoms with Crippen molar-refractivity contribution in [3.05, 3.63) is 45.3 Å². The van der Waals surface area contributed by atoms with E-state index in [4.69, 9.17) is 9.47 Å². The van der Waals surface area contributed by atoms with Crippen LogP contribution in [0.4, 0.5) is 5.69 Å². The zero-order valence-electron chi connectivity index (χ0n) is 13.5. The zero-order valence-corrected chi connectivity index (χ0v) is 16.7. The standard InChI is InChI=1S/C17H13Br2N3O4/c1-25-10-2-4-11(5-3-10)26-8-14(23)21-22-16-12-6-9(18)7-13(19)15(12)20-17(16)24/h2-7,20,24H,8H2,1H3. The van der Waals surface area contributed by atoms with Gasteiger partial charge in [0.1, 0.15) is 11.5 Å². The van der Waals surface area contributed by atoms with Gasteiger partial charge in [0.05, 0.1) is 12.6 Å². The predicted octanol–water partition coefficient (Wildman–Crippen LogP) is 5.10. The molecular weight excluding hydrogens is 470 g/mol. The number of carbonyl (C=O) groups excluding carboxylic acids is 1. The Morgan fingerprint density at radius 3 is 2.58 bits per heavy atom. The number of hydrogen-bond acceptors (Lipinski definition) is 5. The number of nitrogens with one attached hydrogen (secondary N) is 1. The van der Waals surface area contributed by atoms with Gasteiger partial charge in [0.15, 0.2) is 12.3 Å². The summed E-state index contributed by atoms with van der Waals surface area (Å²) in [5.41, 5.74) is 0.835. The number of aromatic nitrogens is 1. The van der Waals surface area contributed by atoms with Crippen molar-refractivity contribution in [1.29, 1.82) is 0 Å². The first-order valence-corrected chi connectivity index (χ1v) is 8.97. The third-order valence-electron chi connectivity index (χ3n) is 3.46. The van der Waals surface area contributed by atoms with Crippen molar-refractivity contribution < 1.29 is 19.4 Å². The number of azo groups is 1. The average Bonchev–Trinajstić information content (AvgIpc) is 2.94. The first kappa shape index (κ1) is 18.4. The smallest absolute Gasteiger partial charge is 0.302 e. The van der Waals surface area contributed by atoms with E-state index in [9.17, 15) is 9.90 Å². The fourth-order valence-electron chi connectivity index (χ4n) is 2.25. The maximum absolute atomic E-state index is 11.9. The van der Waals surface area contributed by atoms with Gasteiger partial charge in [-0.1, -0.05) is 15.9 Å². The van der Waals surface area contributed by atoms with E-state index in [0.29, 0.717) is 22.4 Å². The molecule has 1 heterocycles. The molecule has 0 unspecified atom stereocenters.